The van der Waals surface area contributed by atoms with Gasteiger partial charge >= 0.3 is 6.03 Å². The van der Waals surface area contributed by atoms with E-state index in [2.05, 4.69) is 35.7 Å². The number of pyridine rings is 1. The number of hydrogen-bond donors (Lipinski definition) is 2. The first kappa shape index (κ1) is 17.1. The van der Waals surface area contributed by atoms with Crippen LogP contribution in [0.3, 0.4) is 0 Å². The average Bonchev–Trinajstić information content (AvgIpc) is 3.04. The number of anilines is 1. The van der Waals surface area contributed by atoms with Crippen LogP contribution in [-0.4, -0.2) is 35.7 Å². The predicted molar refractivity (Wildman–Crippen MR) is 91.8 cm³/mol. The van der Waals surface area contributed by atoms with Crippen molar-refractivity contribution in [2.24, 2.45) is 0 Å². The third-order valence-corrected chi connectivity index (χ3v) is 3.46. The summed E-state index contributed by atoms with van der Waals surface area (Å²) in [5.41, 5.74) is 0.419. The molecule has 1 atom stereocenters. The lowest BCUT2D eigenvalue weighted by Gasteiger charge is -2.14. The largest absolute Gasteiger partial charge is 0.328 e. The van der Waals surface area contributed by atoms with Crippen LogP contribution < -0.4 is 10.6 Å². The van der Waals surface area contributed by atoms with Gasteiger partial charge in [0.15, 0.2) is 5.82 Å². The normalized spacial score (nSPS) is 11.8. The lowest BCUT2D eigenvalue weighted by molar-refractivity contribution is 0.248. The van der Waals surface area contributed by atoms with E-state index in [0.717, 1.165) is 0 Å². The van der Waals surface area contributed by atoms with Crippen LogP contribution in [0.1, 0.15) is 18.8 Å². The number of hydrogen-bond acceptors (Lipinski definition) is 6. The van der Waals surface area contributed by atoms with Gasteiger partial charge in [-0.2, -0.15) is 9.78 Å². The molecule has 0 aliphatic rings. The fourth-order valence-electron chi connectivity index (χ4n) is 2.07. The third-order valence-electron chi connectivity index (χ3n) is 3.07. The molecule has 0 aliphatic heterocycles. The van der Waals surface area contributed by atoms with Crippen LogP contribution in [0.4, 0.5) is 10.5 Å². The van der Waals surface area contributed by atoms with Crippen LogP contribution in [-0.2, 0) is 0 Å². The minimum Gasteiger partial charge on any atom is -0.328 e. The molecule has 128 valence electrons. The second-order valence-electron chi connectivity index (χ2n) is 4.90. The summed E-state index contributed by atoms with van der Waals surface area (Å²) < 4.78 is 1.45. The minimum absolute atomic E-state index is 0.178. The Labute approximate surface area is 152 Å². The third kappa shape index (κ3) is 4.20. The van der Waals surface area contributed by atoms with Crippen molar-refractivity contribution in [2.45, 2.75) is 13.0 Å². The maximum Gasteiger partial charge on any atom is 0.319 e. The van der Waals surface area contributed by atoms with Crippen LogP contribution in [0, 0.1) is 0 Å². The van der Waals surface area contributed by atoms with Crippen molar-refractivity contribution in [3.05, 3.63) is 53.1 Å². The molecule has 3 heterocycles. The standard InChI is InChI=1S/C14H12Cl2N8O/c1-8(12-19-7-20-24(12)13-17-3-2-4-18-13)21-14(25)22-9-5-10(15)23-11(16)6-9/h2-8H,1H3,(H2,21,22,23,25)/t8-/m0/s1. The number of nitrogens with one attached hydrogen (secondary N) is 2. The Morgan fingerprint density at radius 1 is 1.16 bits per heavy atom. The Bertz CT molecular complexity index is 865. The molecule has 11 heteroatoms. The van der Waals surface area contributed by atoms with Gasteiger partial charge in [0.1, 0.15) is 16.6 Å². The number of urea groups is 1. The Balaban J connectivity index is 1.71. The van der Waals surface area contributed by atoms with E-state index >= 15 is 0 Å². The van der Waals surface area contributed by atoms with E-state index in [1.54, 1.807) is 25.4 Å². The molecule has 2 N–H and O–H groups in total. The fourth-order valence-corrected chi connectivity index (χ4v) is 2.53. The maximum atomic E-state index is 12.2. The van der Waals surface area contributed by atoms with Gasteiger partial charge in [0.2, 0.25) is 0 Å². The molecule has 3 aromatic heterocycles. The highest BCUT2D eigenvalue weighted by Crippen LogP contribution is 2.19. The lowest BCUT2D eigenvalue weighted by Crippen LogP contribution is -2.32. The van der Waals surface area contributed by atoms with Crippen molar-refractivity contribution in [1.29, 1.82) is 0 Å². The van der Waals surface area contributed by atoms with Crippen LogP contribution >= 0.6 is 23.2 Å². The second-order valence-corrected chi connectivity index (χ2v) is 5.67. The first-order valence-electron chi connectivity index (χ1n) is 7.11. The van der Waals surface area contributed by atoms with Crippen LogP contribution in [0.25, 0.3) is 5.95 Å². The SMILES string of the molecule is C[C@H](NC(=O)Nc1cc(Cl)nc(Cl)c1)c1ncnn1-c1ncccn1. The van der Waals surface area contributed by atoms with Crippen molar-refractivity contribution in [1.82, 2.24) is 35.0 Å². The highest BCUT2D eigenvalue weighted by molar-refractivity contribution is 6.32. The van der Waals surface area contributed by atoms with Gasteiger partial charge < -0.3 is 10.6 Å². The highest BCUT2D eigenvalue weighted by atomic mass is 35.5. The first-order chi connectivity index (χ1) is 12.0. The van der Waals surface area contributed by atoms with Crippen molar-refractivity contribution >= 4 is 34.9 Å². The van der Waals surface area contributed by atoms with Crippen LogP contribution in [0.5, 0.6) is 0 Å². The zero-order valence-corrected chi connectivity index (χ0v) is 14.4. The van der Waals surface area contributed by atoms with Gasteiger partial charge in [-0.25, -0.2) is 24.7 Å². The van der Waals surface area contributed by atoms with Crippen molar-refractivity contribution < 1.29 is 4.79 Å². The second kappa shape index (κ2) is 7.41. The summed E-state index contributed by atoms with van der Waals surface area (Å²) in [6, 6.07) is 3.74. The molecule has 0 saturated carbocycles. The summed E-state index contributed by atoms with van der Waals surface area (Å²) in [7, 11) is 0. The fraction of sp³-hybridized carbons (Fsp3) is 0.143. The Morgan fingerprint density at radius 3 is 2.52 bits per heavy atom. The molecule has 2 amide bonds. The predicted octanol–water partition coefficient (Wildman–Crippen LogP) is 2.64. The molecule has 0 bridgehead atoms. The molecule has 0 aliphatic carbocycles. The molecular formula is C14H12Cl2N8O. The molecule has 0 aromatic carbocycles. The van der Waals surface area contributed by atoms with Gasteiger partial charge in [-0.15, -0.1) is 0 Å². The molecule has 0 saturated heterocycles. The van der Waals surface area contributed by atoms with Crippen LogP contribution in [0.2, 0.25) is 10.3 Å². The van der Waals surface area contributed by atoms with E-state index in [1.807, 2.05) is 0 Å². The highest BCUT2D eigenvalue weighted by Gasteiger charge is 2.18. The van der Waals surface area contributed by atoms with Crippen molar-refractivity contribution in [3.63, 3.8) is 0 Å². The zero-order valence-electron chi connectivity index (χ0n) is 12.9. The molecular weight excluding hydrogens is 367 g/mol. The number of carbonyl (C=O) groups is 1. The summed E-state index contributed by atoms with van der Waals surface area (Å²) in [5, 5.41) is 9.82. The van der Waals surface area contributed by atoms with E-state index < -0.39 is 12.1 Å². The molecule has 0 fully saturated rings. The molecule has 0 unspecified atom stereocenters. The monoisotopic (exact) mass is 378 g/mol. The number of nitrogens with zero attached hydrogens (tertiary/aromatic N) is 6. The molecule has 9 nitrogen and oxygen atoms in total. The number of carbonyl (C=O) groups excluding carboxylic acids is 1. The van der Waals surface area contributed by atoms with Crippen LogP contribution in [0.15, 0.2) is 36.9 Å². The topological polar surface area (TPSA) is 111 Å². The van der Waals surface area contributed by atoms with Gasteiger partial charge in [-0.05, 0) is 25.1 Å². The smallest absolute Gasteiger partial charge is 0.319 e. The number of rotatable bonds is 4. The molecule has 3 aromatic rings. The number of aromatic nitrogens is 6. The summed E-state index contributed by atoms with van der Waals surface area (Å²) in [6.07, 6.45) is 4.55. The number of halogens is 2. The van der Waals surface area contributed by atoms with E-state index in [4.69, 9.17) is 23.2 Å². The summed E-state index contributed by atoms with van der Waals surface area (Å²) in [6.45, 7) is 1.76. The molecule has 0 radical (unpaired) electrons. The molecule has 25 heavy (non-hydrogen) atoms. The minimum atomic E-state index is -0.464. The molecule has 3 rings (SSSR count). The van der Waals surface area contributed by atoms with Gasteiger partial charge in [0, 0.05) is 18.1 Å². The Kier molecular flexibility index (Phi) is 5.05. The van der Waals surface area contributed by atoms with Gasteiger partial charge in [0.25, 0.3) is 5.95 Å². The van der Waals surface area contributed by atoms with Gasteiger partial charge in [-0.1, -0.05) is 23.2 Å². The Morgan fingerprint density at radius 2 is 1.84 bits per heavy atom. The number of amides is 2. The quantitative estimate of drug-likeness (QED) is 0.675. The maximum absolute atomic E-state index is 12.2. The summed E-state index contributed by atoms with van der Waals surface area (Å²) in [5.74, 6) is 0.837. The zero-order chi connectivity index (χ0) is 17.8. The first-order valence-corrected chi connectivity index (χ1v) is 7.86. The van der Waals surface area contributed by atoms with E-state index in [0.29, 0.717) is 17.5 Å². The van der Waals surface area contributed by atoms with Crippen molar-refractivity contribution in [3.8, 4) is 5.95 Å². The van der Waals surface area contributed by atoms with E-state index in [-0.39, 0.29) is 10.3 Å². The van der Waals surface area contributed by atoms with Gasteiger partial charge in [-0.3, -0.25) is 0 Å². The van der Waals surface area contributed by atoms with Crippen molar-refractivity contribution in [2.75, 3.05) is 5.32 Å². The van der Waals surface area contributed by atoms with E-state index in [9.17, 15) is 4.79 Å². The van der Waals surface area contributed by atoms with E-state index in [1.165, 1.54) is 23.1 Å². The summed E-state index contributed by atoms with van der Waals surface area (Å²) >= 11 is 11.6. The average molecular weight is 379 g/mol. The molecule has 0 spiro atoms. The summed E-state index contributed by atoms with van der Waals surface area (Å²) in [4.78, 5) is 28.4. The Hall–Kier alpha value is -2.78. The lowest BCUT2D eigenvalue weighted by atomic mass is 10.3. The van der Waals surface area contributed by atoms with Gasteiger partial charge in [0.05, 0.1) is 6.04 Å².